The molecule has 0 spiro atoms. The first-order valence-corrected chi connectivity index (χ1v) is 7.29. The molecule has 7 nitrogen and oxygen atoms in total. The maximum Gasteiger partial charge on any atom is 0.409 e. The highest BCUT2D eigenvalue weighted by molar-refractivity contribution is 5.76. The average Bonchev–Trinajstić information content (AvgIpc) is 2.91. The van der Waals surface area contributed by atoms with Gasteiger partial charge >= 0.3 is 6.09 Å². The number of piperazine rings is 1. The lowest BCUT2D eigenvalue weighted by Gasteiger charge is -2.34. The molecule has 21 heavy (non-hydrogen) atoms. The molecule has 2 heterocycles. The molecule has 0 aliphatic carbocycles. The number of hydrogen-bond donors (Lipinski definition) is 0. The fraction of sp³-hybridized carbons (Fsp3) is 0.643. The number of aromatic nitrogens is 2. The summed E-state index contributed by atoms with van der Waals surface area (Å²) < 4.78 is 6.74. The Labute approximate surface area is 124 Å². The van der Waals surface area contributed by atoms with E-state index in [1.165, 1.54) is 0 Å². The van der Waals surface area contributed by atoms with Crippen LogP contribution in [0.2, 0.25) is 0 Å². The number of hydrogen-bond acceptors (Lipinski definition) is 4. The first-order valence-electron chi connectivity index (χ1n) is 7.29. The Morgan fingerprint density at radius 3 is 2.48 bits per heavy atom. The molecule has 1 fully saturated rings. The van der Waals surface area contributed by atoms with Crippen LogP contribution in [0.3, 0.4) is 0 Å². The van der Waals surface area contributed by atoms with Crippen LogP contribution in [0.4, 0.5) is 4.79 Å². The van der Waals surface area contributed by atoms with E-state index in [4.69, 9.17) is 4.74 Å². The van der Waals surface area contributed by atoms with Gasteiger partial charge in [-0.3, -0.25) is 9.48 Å². The van der Waals surface area contributed by atoms with Crippen molar-refractivity contribution in [3.8, 4) is 0 Å². The topological polar surface area (TPSA) is 67.7 Å². The quantitative estimate of drug-likeness (QED) is 0.827. The third-order valence-electron chi connectivity index (χ3n) is 3.49. The molecule has 2 rings (SSSR count). The molecule has 0 N–H and O–H groups in total. The van der Waals surface area contributed by atoms with Crippen molar-refractivity contribution in [1.29, 1.82) is 0 Å². The molecule has 1 aromatic heterocycles. The Balaban J connectivity index is 1.74. The number of carbonyl (C=O) groups is 2. The molecule has 0 saturated carbocycles. The molecule has 0 aromatic carbocycles. The summed E-state index contributed by atoms with van der Waals surface area (Å²) in [5.41, 5.74) is 0.950. The molecule has 0 radical (unpaired) electrons. The molecule has 2 amide bonds. The van der Waals surface area contributed by atoms with Crippen molar-refractivity contribution >= 4 is 12.0 Å². The van der Waals surface area contributed by atoms with Crippen LogP contribution in [0.15, 0.2) is 12.3 Å². The predicted molar refractivity (Wildman–Crippen MR) is 76.8 cm³/mol. The van der Waals surface area contributed by atoms with Crippen LogP contribution < -0.4 is 0 Å². The van der Waals surface area contributed by atoms with Crippen LogP contribution >= 0.6 is 0 Å². The Bertz CT molecular complexity index is 492. The summed E-state index contributed by atoms with van der Waals surface area (Å²) in [6.45, 7) is 6.87. The van der Waals surface area contributed by atoms with E-state index in [9.17, 15) is 9.59 Å². The van der Waals surface area contributed by atoms with Gasteiger partial charge in [0.1, 0.15) is 0 Å². The largest absolute Gasteiger partial charge is 0.450 e. The third kappa shape index (κ3) is 4.21. The van der Waals surface area contributed by atoms with E-state index in [0.29, 0.717) is 45.8 Å². The van der Waals surface area contributed by atoms with Crippen molar-refractivity contribution in [1.82, 2.24) is 19.6 Å². The van der Waals surface area contributed by atoms with Gasteiger partial charge in [0, 0.05) is 45.3 Å². The third-order valence-corrected chi connectivity index (χ3v) is 3.49. The van der Waals surface area contributed by atoms with E-state index in [2.05, 4.69) is 5.10 Å². The molecule has 1 aromatic rings. The first-order chi connectivity index (χ1) is 10.1. The van der Waals surface area contributed by atoms with Gasteiger partial charge in [0.05, 0.1) is 12.3 Å². The molecule has 0 bridgehead atoms. The number of aryl methyl sites for hydroxylation is 2. The van der Waals surface area contributed by atoms with Crippen LogP contribution in [0.25, 0.3) is 0 Å². The maximum atomic E-state index is 12.1. The van der Waals surface area contributed by atoms with Gasteiger partial charge in [0.2, 0.25) is 5.91 Å². The second-order valence-electron chi connectivity index (χ2n) is 5.04. The number of amides is 2. The van der Waals surface area contributed by atoms with Crippen LogP contribution in [-0.4, -0.2) is 64.4 Å². The molecule has 0 atom stereocenters. The van der Waals surface area contributed by atoms with Crippen LogP contribution in [0, 0.1) is 6.92 Å². The van der Waals surface area contributed by atoms with E-state index in [1.807, 2.05) is 19.2 Å². The molecule has 116 valence electrons. The summed E-state index contributed by atoms with van der Waals surface area (Å²) in [6, 6.07) is 1.92. The van der Waals surface area contributed by atoms with Crippen molar-refractivity contribution in [3.63, 3.8) is 0 Å². The highest BCUT2D eigenvalue weighted by Crippen LogP contribution is 2.06. The summed E-state index contributed by atoms with van der Waals surface area (Å²) >= 11 is 0. The normalized spacial score (nSPS) is 15.1. The van der Waals surface area contributed by atoms with Crippen molar-refractivity contribution in [3.05, 3.63) is 18.0 Å². The standard InChI is InChI=1S/C14H22N4O3/c1-3-21-14(20)17-10-8-16(9-11-17)13(19)5-7-18-6-4-12(2)15-18/h4,6H,3,5,7-11H2,1-2H3. The summed E-state index contributed by atoms with van der Waals surface area (Å²) in [5.74, 6) is 0.103. The minimum atomic E-state index is -0.295. The van der Waals surface area contributed by atoms with Gasteiger partial charge in [-0.25, -0.2) is 4.79 Å². The fourth-order valence-corrected chi connectivity index (χ4v) is 2.31. The van der Waals surface area contributed by atoms with E-state index < -0.39 is 0 Å². The monoisotopic (exact) mass is 294 g/mol. The number of ether oxygens (including phenoxy) is 1. The van der Waals surface area contributed by atoms with Crippen LogP contribution in [0.5, 0.6) is 0 Å². The molecule has 1 aliphatic heterocycles. The highest BCUT2D eigenvalue weighted by Gasteiger charge is 2.24. The maximum absolute atomic E-state index is 12.1. The zero-order valence-electron chi connectivity index (χ0n) is 12.6. The van der Waals surface area contributed by atoms with E-state index in [1.54, 1.807) is 21.4 Å². The van der Waals surface area contributed by atoms with Crippen LogP contribution in [-0.2, 0) is 16.1 Å². The van der Waals surface area contributed by atoms with Gasteiger partial charge in [-0.2, -0.15) is 5.10 Å². The van der Waals surface area contributed by atoms with Gasteiger partial charge < -0.3 is 14.5 Å². The summed E-state index contributed by atoms with van der Waals surface area (Å²) in [4.78, 5) is 27.1. The Hall–Kier alpha value is -2.05. The zero-order chi connectivity index (χ0) is 15.2. The van der Waals surface area contributed by atoms with Gasteiger partial charge in [-0.15, -0.1) is 0 Å². The van der Waals surface area contributed by atoms with E-state index in [-0.39, 0.29) is 12.0 Å². The Morgan fingerprint density at radius 1 is 1.24 bits per heavy atom. The second kappa shape index (κ2) is 7.10. The molecular weight excluding hydrogens is 272 g/mol. The lowest BCUT2D eigenvalue weighted by atomic mass is 10.3. The molecule has 0 unspecified atom stereocenters. The summed E-state index contributed by atoms with van der Waals surface area (Å²) in [5, 5.41) is 4.26. The fourth-order valence-electron chi connectivity index (χ4n) is 2.31. The molecular formula is C14H22N4O3. The minimum Gasteiger partial charge on any atom is -0.450 e. The number of rotatable bonds is 4. The van der Waals surface area contributed by atoms with E-state index >= 15 is 0 Å². The van der Waals surface area contributed by atoms with Crippen LogP contribution in [0.1, 0.15) is 19.0 Å². The zero-order valence-corrected chi connectivity index (χ0v) is 12.6. The van der Waals surface area contributed by atoms with Crippen molar-refractivity contribution < 1.29 is 14.3 Å². The van der Waals surface area contributed by atoms with Gasteiger partial charge in [0.15, 0.2) is 0 Å². The number of nitrogens with zero attached hydrogens (tertiary/aromatic N) is 4. The second-order valence-corrected chi connectivity index (χ2v) is 5.04. The molecule has 7 heteroatoms. The van der Waals surface area contributed by atoms with Gasteiger partial charge in [0.25, 0.3) is 0 Å². The SMILES string of the molecule is CCOC(=O)N1CCN(C(=O)CCn2ccc(C)n2)CC1. The first kappa shape index (κ1) is 15.3. The summed E-state index contributed by atoms with van der Waals surface area (Å²) in [7, 11) is 0. The highest BCUT2D eigenvalue weighted by atomic mass is 16.6. The minimum absolute atomic E-state index is 0.103. The van der Waals surface area contributed by atoms with Gasteiger partial charge in [-0.05, 0) is 19.9 Å². The van der Waals surface area contributed by atoms with Crippen molar-refractivity contribution in [2.45, 2.75) is 26.8 Å². The number of carbonyl (C=O) groups excluding carboxylic acids is 2. The Kier molecular flexibility index (Phi) is 5.19. The average molecular weight is 294 g/mol. The lowest BCUT2D eigenvalue weighted by Crippen LogP contribution is -2.50. The smallest absolute Gasteiger partial charge is 0.409 e. The van der Waals surface area contributed by atoms with E-state index in [0.717, 1.165) is 5.69 Å². The molecule has 1 aliphatic rings. The molecule has 1 saturated heterocycles. The van der Waals surface area contributed by atoms with Gasteiger partial charge in [-0.1, -0.05) is 0 Å². The summed E-state index contributed by atoms with van der Waals surface area (Å²) in [6.07, 6.45) is 2.01. The Morgan fingerprint density at radius 2 is 1.90 bits per heavy atom. The lowest BCUT2D eigenvalue weighted by molar-refractivity contribution is -0.133. The van der Waals surface area contributed by atoms with Crippen molar-refractivity contribution in [2.24, 2.45) is 0 Å². The van der Waals surface area contributed by atoms with Crippen molar-refractivity contribution in [2.75, 3.05) is 32.8 Å². The predicted octanol–water partition coefficient (Wildman–Crippen LogP) is 0.882.